The number of nitrogens with two attached hydrogens (primary N) is 1. The molecule has 1 aliphatic rings. The number of hydrogen-bond acceptors (Lipinski definition) is 3. The molecule has 0 heterocycles. The SMILES string of the molecule is Br.NC1(C(=O)O)CCc2cc(O)ccc2C1. The number of aromatic hydroxyl groups is 1. The number of phenolic OH excluding ortho intramolecular Hbond substituents is 1. The molecule has 4 nitrogen and oxygen atoms in total. The van der Waals surface area contributed by atoms with E-state index in [2.05, 4.69) is 0 Å². The summed E-state index contributed by atoms with van der Waals surface area (Å²) < 4.78 is 0. The molecule has 0 aliphatic heterocycles. The number of hydrogen-bond donors (Lipinski definition) is 3. The van der Waals surface area contributed by atoms with Gasteiger partial charge in [-0.2, -0.15) is 0 Å². The van der Waals surface area contributed by atoms with Gasteiger partial charge in [-0.05, 0) is 36.1 Å². The summed E-state index contributed by atoms with van der Waals surface area (Å²) in [6, 6.07) is 4.98. The van der Waals surface area contributed by atoms with Gasteiger partial charge in [-0.25, -0.2) is 0 Å². The molecule has 0 radical (unpaired) electrons. The Morgan fingerprint density at radius 2 is 2.06 bits per heavy atom. The van der Waals surface area contributed by atoms with E-state index in [0.717, 1.165) is 11.1 Å². The smallest absolute Gasteiger partial charge is 0.324 e. The van der Waals surface area contributed by atoms with Gasteiger partial charge in [0.25, 0.3) is 0 Å². The van der Waals surface area contributed by atoms with Gasteiger partial charge in [0.05, 0.1) is 0 Å². The highest BCUT2D eigenvalue weighted by molar-refractivity contribution is 8.93. The zero-order valence-corrected chi connectivity index (χ0v) is 10.4. The monoisotopic (exact) mass is 287 g/mol. The van der Waals surface area contributed by atoms with Crippen LogP contribution in [0.2, 0.25) is 0 Å². The zero-order chi connectivity index (χ0) is 11.1. The third-order valence-electron chi connectivity index (χ3n) is 2.96. The maximum atomic E-state index is 11.0. The molecule has 88 valence electrons. The molecule has 0 fully saturated rings. The third kappa shape index (κ3) is 2.20. The summed E-state index contributed by atoms with van der Waals surface area (Å²) in [5.41, 5.74) is 6.56. The maximum Gasteiger partial charge on any atom is 0.324 e. The standard InChI is InChI=1S/C11H13NO3.BrH/c12-11(10(14)15)4-3-7-5-9(13)2-1-8(7)6-11;/h1-2,5,13H,3-4,6,12H2,(H,14,15);1H. The lowest BCUT2D eigenvalue weighted by molar-refractivity contribution is -0.143. The second-order valence-electron chi connectivity index (χ2n) is 4.09. The van der Waals surface area contributed by atoms with E-state index in [9.17, 15) is 9.90 Å². The van der Waals surface area contributed by atoms with E-state index in [1.165, 1.54) is 0 Å². The van der Waals surface area contributed by atoms with Gasteiger partial charge in [-0.1, -0.05) is 6.07 Å². The van der Waals surface area contributed by atoms with Gasteiger partial charge in [0.1, 0.15) is 11.3 Å². The number of rotatable bonds is 1. The van der Waals surface area contributed by atoms with Crippen LogP contribution in [0.4, 0.5) is 0 Å². The summed E-state index contributed by atoms with van der Waals surface area (Å²) in [5, 5.41) is 18.3. The molecule has 1 aliphatic carbocycles. The lowest BCUT2D eigenvalue weighted by Crippen LogP contribution is -2.52. The number of carboxylic acid groups (broad SMARTS) is 1. The Labute approximate surface area is 104 Å². The summed E-state index contributed by atoms with van der Waals surface area (Å²) in [6.45, 7) is 0. The molecule has 0 spiro atoms. The van der Waals surface area contributed by atoms with Gasteiger partial charge < -0.3 is 15.9 Å². The molecule has 0 bridgehead atoms. The Morgan fingerprint density at radius 3 is 2.69 bits per heavy atom. The van der Waals surface area contributed by atoms with E-state index >= 15 is 0 Å². The zero-order valence-electron chi connectivity index (χ0n) is 8.64. The van der Waals surface area contributed by atoms with Crippen LogP contribution in [0.15, 0.2) is 18.2 Å². The molecule has 1 atom stereocenters. The largest absolute Gasteiger partial charge is 0.508 e. The maximum absolute atomic E-state index is 11.0. The van der Waals surface area contributed by atoms with Crippen molar-refractivity contribution < 1.29 is 15.0 Å². The van der Waals surface area contributed by atoms with Gasteiger partial charge in [0.15, 0.2) is 0 Å². The second-order valence-corrected chi connectivity index (χ2v) is 4.09. The lowest BCUT2D eigenvalue weighted by Gasteiger charge is -2.30. The molecule has 1 unspecified atom stereocenters. The number of fused-ring (bicyclic) bond motifs is 1. The minimum absolute atomic E-state index is 0. The summed E-state index contributed by atoms with van der Waals surface area (Å²) >= 11 is 0. The van der Waals surface area contributed by atoms with Crippen molar-refractivity contribution in [2.24, 2.45) is 5.73 Å². The molecule has 1 aromatic rings. The van der Waals surface area contributed by atoms with E-state index in [0.29, 0.717) is 19.3 Å². The van der Waals surface area contributed by atoms with E-state index in [4.69, 9.17) is 10.8 Å². The van der Waals surface area contributed by atoms with E-state index < -0.39 is 11.5 Å². The Balaban J connectivity index is 0.00000128. The topological polar surface area (TPSA) is 83.6 Å². The molecule has 1 aromatic carbocycles. The fourth-order valence-corrected chi connectivity index (χ4v) is 1.99. The summed E-state index contributed by atoms with van der Waals surface area (Å²) in [6.07, 6.45) is 1.35. The first kappa shape index (κ1) is 13.0. The van der Waals surface area contributed by atoms with Crippen molar-refractivity contribution in [3.8, 4) is 5.75 Å². The lowest BCUT2D eigenvalue weighted by atomic mass is 9.78. The van der Waals surface area contributed by atoms with Crippen molar-refractivity contribution in [3.63, 3.8) is 0 Å². The molecule has 0 aromatic heterocycles. The van der Waals surface area contributed by atoms with Crippen molar-refractivity contribution in [2.75, 3.05) is 0 Å². The van der Waals surface area contributed by atoms with Crippen molar-refractivity contribution >= 4 is 23.0 Å². The fourth-order valence-electron chi connectivity index (χ4n) is 1.99. The molecule has 0 saturated heterocycles. The Hall–Kier alpha value is -1.07. The Morgan fingerprint density at radius 1 is 1.38 bits per heavy atom. The average molecular weight is 288 g/mol. The number of carboxylic acids is 1. The predicted octanol–water partition coefficient (Wildman–Crippen LogP) is 1.24. The van der Waals surface area contributed by atoms with Crippen LogP contribution in [0.3, 0.4) is 0 Å². The Kier molecular flexibility index (Phi) is 3.60. The van der Waals surface area contributed by atoms with Crippen molar-refractivity contribution in [2.45, 2.75) is 24.8 Å². The van der Waals surface area contributed by atoms with Gasteiger partial charge >= 0.3 is 5.97 Å². The normalized spacial score (nSPS) is 23.1. The van der Waals surface area contributed by atoms with Crippen LogP contribution in [0.1, 0.15) is 17.5 Å². The minimum Gasteiger partial charge on any atom is -0.508 e. The van der Waals surface area contributed by atoms with E-state index in [1.807, 2.05) is 0 Å². The molecular formula is C11H14BrNO3. The molecule has 0 amide bonds. The first-order chi connectivity index (χ1) is 7.01. The number of halogens is 1. The van der Waals surface area contributed by atoms with E-state index in [1.54, 1.807) is 18.2 Å². The van der Waals surface area contributed by atoms with Crippen LogP contribution < -0.4 is 5.73 Å². The molecule has 0 saturated carbocycles. The van der Waals surface area contributed by atoms with Crippen molar-refractivity contribution in [1.82, 2.24) is 0 Å². The molecule has 5 heteroatoms. The van der Waals surface area contributed by atoms with Crippen LogP contribution in [-0.4, -0.2) is 21.7 Å². The van der Waals surface area contributed by atoms with Gasteiger partial charge in [0.2, 0.25) is 0 Å². The van der Waals surface area contributed by atoms with Crippen LogP contribution in [0, 0.1) is 0 Å². The number of carbonyl (C=O) groups is 1. The number of aliphatic carboxylic acids is 1. The molecule has 4 N–H and O–H groups in total. The average Bonchev–Trinajstić information content (AvgIpc) is 2.18. The number of benzene rings is 1. The molecular weight excluding hydrogens is 274 g/mol. The van der Waals surface area contributed by atoms with Gasteiger partial charge in [-0.3, -0.25) is 4.79 Å². The fraction of sp³-hybridized carbons (Fsp3) is 0.364. The summed E-state index contributed by atoms with van der Waals surface area (Å²) in [4.78, 5) is 11.0. The first-order valence-electron chi connectivity index (χ1n) is 4.84. The number of phenols is 1. The highest BCUT2D eigenvalue weighted by Crippen LogP contribution is 2.29. The molecule has 2 rings (SSSR count). The third-order valence-corrected chi connectivity index (χ3v) is 2.96. The predicted molar refractivity (Wildman–Crippen MR) is 65.0 cm³/mol. The van der Waals surface area contributed by atoms with Crippen LogP contribution >= 0.6 is 17.0 Å². The first-order valence-corrected chi connectivity index (χ1v) is 4.84. The summed E-state index contributed by atoms with van der Waals surface area (Å²) in [7, 11) is 0. The van der Waals surface area contributed by atoms with Crippen LogP contribution in [0.25, 0.3) is 0 Å². The highest BCUT2D eigenvalue weighted by atomic mass is 79.9. The van der Waals surface area contributed by atoms with Crippen LogP contribution in [-0.2, 0) is 17.6 Å². The second kappa shape index (κ2) is 4.43. The highest BCUT2D eigenvalue weighted by Gasteiger charge is 2.37. The van der Waals surface area contributed by atoms with Crippen molar-refractivity contribution in [3.05, 3.63) is 29.3 Å². The Bertz CT molecular complexity index is 422. The van der Waals surface area contributed by atoms with Crippen LogP contribution in [0.5, 0.6) is 5.75 Å². The number of aryl methyl sites for hydroxylation is 1. The minimum atomic E-state index is -1.15. The van der Waals surface area contributed by atoms with E-state index in [-0.39, 0.29) is 22.7 Å². The summed E-state index contributed by atoms with van der Waals surface area (Å²) in [5.74, 6) is -0.741. The van der Waals surface area contributed by atoms with Gasteiger partial charge in [0, 0.05) is 6.42 Å². The quantitative estimate of drug-likeness (QED) is 0.726. The van der Waals surface area contributed by atoms with Crippen molar-refractivity contribution in [1.29, 1.82) is 0 Å². The molecule has 16 heavy (non-hydrogen) atoms. The van der Waals surface area contributed by atoms with Gasteiger partial charge in [-0.15, -0.1) is 17.0 Å².